The second kappa shape index (κ2) is 12.9. The van der Waals surface area contributed by atoms with Gasteiger partial charge in [-0.05, 0) is 75.3 Å². The first-order valence-electron chi connectivity index (χ1n) is 14.4. The summed E-state index contributed by atoms with van der Waals surface area (Å²) in [6, 6.07) is 16.5. The van der Waals surface area contributed by atoms with Crippen molar-refractivity contribution in [3.63, 3.8) is 0 Å². The molecule has 0 unspecified atom stereocenters. The fraction of sp³-hybridized carbons (Fsp3) is 0.562. The van der Waals surface area contributed by atoms with Crippen LogP contribution in [0.2, 0.25) is 0 Å². The molecule has 0 radical (unpaired) electrons. The lowest BCUT2D eigenvalue weighted by molar-refractivity contribution is -0.136. The number of likely N-dealkylation sites (tertiary alicyclic amines) is 1. The zero-order valence-electron chi connectivity index (χ0n) is 23.9. The van der Waals surface area contributed by atoms with Crippen LogP contribution in [0.15, 0.2) is 48.5 Å². The number of carbonyl (C=O) groups excluding carboxylic acids is 1. The lowest BCUT2D eigenvalue weighted by Crippen LogP contribution is -2.50. The first kappa shape index (κ1) is 28.9. The van der Waals surface area contributed by atoms with Crippen LogP contribution in [0.4, 0.5) is 4.79 Å². The molecule has 0 spiro atoms. The predicted octanol–water partition coefficient (Wildman–Crippen LogP) is 5.90. The van der Waals surface area contributed by atoms with Gasteiger partial charge in [0.15, 0.2) is 0 Å². The van der Waals surface area contributed by atoms with Crippen molar-refractivity contribution in [1.29, 1.82) is 0 Å². The topological polar surface area (TPSA) is 79.3 Å². The Labute approximate surface area is 233 Å². The summed E-state index contributed by atoms with van der Waals surface area (Å²) in [6.45, 7) is 11.2. The lowest BCUT2D eigenvalue weighted by Gasteiger charge is -2.39. The maximum absolute atomic E-state index is 13.4. The van der Waals surface area contributed by atoms with E-state index in [0.717, 1.165) is 63.1 Å². The van der Waals surface area contributed by atoms with E-state index in [2.05, 4.69) is 41.0 Å². The lowest BCUT2D eigenvalue weighted by atomic mass is 10.0. The van der Waals surface area contributed by atoms with Gasteiger partial charge in [-0.2, -0.15) is 0 Å². The number of carbonyl (C=O) groups is 2. The van der Waals surface area contributed by atoms with Gasteiger partial charge in [-0.15, -0.1) is 0 Å². The van der Waals surface area contributed by atoms with Crippen molar-refractivity contribution < 1.29 is 24.2 Å². The number of benzene rings is 2. The van der Waals surface area contributed by atoms with E-state index in [1.165, 1.54) is 11.1 Å². The van der Waals surface area contributed by atoms with E-state index in [4.69, 9.17) is 14.6 Å². The second-order valence-electron chi connectivity index (χ2n) is 11.9. The number of carboxylic acid groups (broad SMARTS) is 1. The molecule has 2 aromatic carbocycles. The number of hydrogen-bond donors (Lipinski definition) is 1. The van der Waals surface area contributed by atoms with E-state index < -0.39 is 11.6 Å². The number of aryl methyl sites for hydroxylation is 1. The van der Waals surface area contributed by atoms with E-state index in [9.17, 15) is 9.59 Å². The number of aliphatic carboxylic acids is 1. The summed E-state index contributed by atoms with van der Waals surface area (Å²) in [7, 11) is 0. The molecule has 1 aliphatic carbocycles. The summed E-state index contributed by atoms with van der Waals surface area (Å²) in [5.74, 6) is 0.288. The first-order valence-corrected chi connectivity index (χ1v) is 14.4. The summed E-state index contributed by atoms with van der Waals surface area (Å²) in [6.07, 6.45) is 4.87. The molecule has 39 heavy (non-hydrogen) atoms. The van der Waals surface area contributed by atoms with Gasteiger partial charge < -0.3 is 19.5 Å². The Hall–Kier alpha value is -3.06. The predicted molar refractivity (Wildman–Crippen MR) is 152 cm³/mol. The monoisotopic (exact) mass is 536 g/mol. The van der Waals surface area contributed by atoms with E-state index in [1.807, 2.05) is 32.9 Å². The van der Waals surface area contributed by atoms with Crippen LogP contribution < -0.4 is 4.74 Å². The van der Waals surface area contributed by atoms with Crippen LogP contribution in [0.1, 0.15) is 76.0 Å². The second-order valence-corrected chi connectivity index (χ2v) is 11.9. The minimum atomic E-state index is -0.837. The average molecular weight is 537 g/mol. The number of ether oxygens (including phenoxy) is 2. The standard InChI is InChI=1S/C32H44N2O5/c1-5-7-23-8-6-9-25(20-23)28-22-29(28)34(31(37)39-32(2,3)4)26-14-16-33(17-15-26)18-19-38-27-12-10-24(11-13-27)21-30(35)36/h6,8-13,20,26,28-29H,5,7,14-19,21-22H2,1-4H3,(H,35,36)/t28-,29+/m0/s1. The van der Waals surface area contributed by atoms with Gasteiger partial charge >= 0.3 is 12.1 Å². The summed E-state index contributed by atoms with van der Waals surface area (Å²) < 4.78 is 11.8. The van der Waals surface area contributed by atoms with Crippen molar-refractivity contribution in [1.82, 2.24) is 9.80 Å². The number of piperidine rings is 1. The van der Waals surface area contributed by atoms with Crippen molar-refractivity contribution in [3.05, 3.63) is 65.2 Å². The maximum atomic E-state index is 13.4. The summed E-state index contributed by atoms with van der Waals surface area (Å²) in [5, 5.41) is 8.92. The van der Waals surface area contributed by atoms with E-state index in [-0.39, 0.29) is 24.6 Å². The summed E-state index contributed by atoms with van der Waals surface area (Å²) in [4.78, 5) is 28.7. The fourth-order valence-corrected chi connectivity index (χ4v) is 5.58. The molecule has 0 aromatic heterocycles. The third-order valence-electron chi connectivity index (χ3n) is 7.54. The van der Waals surface area contributed by atoms with Crippen molar-refractivity contribution in [2.75, 3.05) is 26.2 Å². The molecule has 1 amide bonds. The highest BCUT2D eigenvalue weighted by atomic mass is 16.6. The molecule has 4 rings (SSSR count). The normalized spacial score (nSPS) is 19.9. The quantitative estimate of drug-likeness (QED) is 0.385. The van der Waals surface area contributed by atoms with Crippen LogP contribution in [0.25, 0.3) is 0 Å². The highest BCUT2D eigenvalue weighted by Gasteiger charge is 2.49. The molecular formula is C32H44N2O5. The molecule has 7 heteroatoms. The number of hydrogen-bond acceptors (Lipinski definition) is 5. The molecular weight excluding hydrogens is 492 g/mol. The molecule has 2 fully saturated rings. The van der Waals surface area contributed by atoms with Crippen LogP contribution in [0.5, 0.6) is 5.75 Å². The first-order chi connectivity index (χ1) is 18.6. The fourth-order valence-electron chi connectivity index (χ4n) is 5.58. The van der Waals surface area contributed by atoms with E-state index in [0.29, 0.717) is 12.5 Å². The Balaban J connectivity index is 1.31. The Morgan fingerprint density at radius 1 is 1.05 bits per heavy atom. The maximum Gasteiger partial charge on any atom is 0.410 e. The van der Waals surface area contributed by atoms with Crippen LogP contribution in [0.3, 0.4) is 0 Å². The van der Waals surface area contributed by atoms with Crippen molar-refractivity contribution in [3.8, 4) is 5.75 Å². The number of rotatable bonds is 11. The number of carboxylic acids is 1. The van der Waals surface area contributed by atoms with Crippen molar-refractivity contribution >= 4 is 12.1 Å². The molecule has 1 saturated carbocycles. The molecule has 212 valence electrons. The Morgan fingerprint density at radius 3 is 2.41 bits per heavy atom. The number of amides is 1. The SMILES string of the molecule is CCCc1cccc([C@@H]2C[C@H]2N(C(=O)OC(C)(C)C)C2CCN(CCOc3ccc(CC(=O)O)cc3)CC2)c1. The highest BCUT2D eigenvalue weighted by Crippen LogP contribution is 2.47. The molecule has 2 aromatic rings. The highest BCUT2D eigenvalue weighted by molar-refractivity contribution is 5.70. The van der Waals surface area contributed by atoms with Crippen molar-refractivity contribution in [2.45, 2.75) is 89.8 Å². The molecule has 7 nitrogen and oxygen atoms in total. The van der Waals surface area contributed by atoms with Gasteiger partial charge in [0.25, 0.3) is 0 Å². The van der Waals surface area contributed by atoms with Crippen LogP contribution in [-0.2, 0) is 22.4 Å². The number of nitrogens with zero attached hydrogens (tertiary/aromatic N) is 2. The largest absolute Gasteiger partial charge is 0.492 e. The third kappa shape index (κ3) is 8.46. The molecule has 1 heterocycles. The molecule has 1 saturated heterocycles. The zero-order chi connectivity index (χ0) is 28.0. The average Bonchev–Trinajstić information content (AvgIpc) is 3.66. The summed E-state index contributed by atoms with van der Waals surface area (Å²) >= 11 is 0. The molecule has 1 aliphatic heterocycles. The van der Waals surface area contributed by atoms with Crippen molar-refractivity contribution in [2.24, 2.45) is 0 Å². The van der Waals surface area contributed by atoms with Crippen LogP contribution >= 0.6 is 0 Å². The minimum Gasteiger partial charge on any atom is -0.492 e. The Bertz CT molecular complexity index is 1100. The van der Waals surface area contributed by atoms with Gasteiger partial charge in [0.2, 0.25) is 0 Å². The smallest absolute Gasteiger partial charge is 0.410 e. The minimum absolute atomic E-state index is 0.0163. The van der Waals surface area contributed by atoms with Gasteiger partial charge in [-0.25, -0.2) is 4.79 Å². The Morgan fingerprint density at radius 2 is 1.77 bits per heavy atom. The zero-order valence-corrected chi connectivity index (χ0v) is 23.9. The molecule has 1 N–H and O–H groups in total. The molecule has 2 aliphatic rings. The van der Waals surface area contributed by atoms with E-state index >= 15 is 0 Å². The Kier molecular flexibility index (Phi) is 9.54. The summed E-state index contributed by atoms with van der Waals surface area (Å²) in [5.41, 5.74) is 2.95. The van der Waals surface area contributed by atoms with Gasteiger partial charge in [-0.1, -0.05) is 49.7 Å². The third-order valence-corrected chi connectivity index (χ3v) is 7.54. The van der Waals surface area contributed by atoms with Gasteiger partial charge in [0.05, 0.1) is 6.42 Å². The van der Waals surface area contributed by atoms with Crippen LogP contribution in [0, 0.1) is 0 Å². The van der Waals surface area contributed by atoms with E-state index in [1.54, 1.807) is 12.1 Å². The van der Waals surface area contributed by atoms with Crippen LogP contribution in [-0.4, -0.2) is 70.9 Å². The van der Waals surface area contributed by atoms with Gasteiger partial charge in [-0.3, -0.25) is 9.69 Å². The molecule has 2 atom stereocenters. The molecule has 0 bridgehead atoms. The van der Waals surface area contributed by atoms with Gasteiger partial charge in [0, 0.05) is 37.6 Å². The van der Waals surface area contributed by atoms with Gasteiger partial charge in [0.1, 0.15) is 18.0 Å².